The average Bonchev–Trinajstić information content (AvgIpc) is 2.61. The third kappa shape index (κ3) is 2.88. The van der Waals surface area contributed by atoms with Crippen molar-refractivity contribution in [1.82, 2.24) is 9.97 Å². The number of amides is 1. The first-order valence-corrected chi connectivity index (χ1v) is 6.60. The zero-order valence-electron chi connectivity index (χ0n) is 10.0. The number of anilines is 1. The number of nitrogens with two attached hydrogens (primary N) is 1. The third-order valence-electron chi connectivity index (χ3n) is 2.37. The zero-order valence-corrected chi connectivity index (χ0v) is 11.6. The van der Waals surface area contributed by atoms with Gasteiger partial charge in [0.2, 0.25) is 11.2 Å². The fraction of sp³-hybridized carbons (Fsp3) is 0.364. The van der Waals surface area contributed by atoms with Crippen LogP contribution in [0.25, 0.3) is 10.2 Å². The molecule has 2 rings (SSSR count). The van der Waals surface area contributed by atoms with Gasteiger partial charge in [0.1, 0.15) is 10.6 Å². The van der Waals surface area contributed by atoms with Gasteiger partial charge in [-0.05, 0) is 36.9 Å². The SMILES string of the molecule is CC(C)(CC(N)=O)Nc1nc(Cl)nc2sccc12. The Balaban J connectivity index is 2.36. The van der Waals surface area contributed by atoms with Crippen LogP contribution in [-0.4, -0.2) is 21.4 Å². The van der Waals surface area contributed by atoms with Crippen LogP contribution in [0.4, 0.5) is 5.82 Å². The molecule has 0 aliphatic heterocycles. The zero-order chi connectivity index (χ0) is 13.3. The standard InChI is InChI=1S/C11H13ClN4OS/c1-11(2,5-7(13)17)16-8-6-3-4-18-9(6)15-10(12)14-8/h3-4H,5H2,1-2H3,(H2,13,17)(H,14,15,16). The molecule has 2 aromatic rings. The second-order valence-corrected chi connectivity index (χ2v) is 5.87. The lowest BCUT2D eigenvalue weighted by Gasteiger charge is -2.25. The molecule has 0 radical (unpaired) electrons. The molecule has 5 nitrogen and oxygen atoms in total. The Kier molecular flexibility index (Phi) is 3.41. The highest BCUT2D eigenvalue weighted by molar-refractivity contribution is 7.16. The van der Waals surface area contributed by atoms with E-state index in [9.17, 15) is 4.79 Å². The number of hydrogen-bond acceptors (Lipinski definition) is 5. The molecule has 0 spiro atoms. The van der Waals surface area contributed by atoms with E-state index < -0.39 is 5.54 Å². The van der Waals surface area contributed by atoms with E-state index in [2.05, 4.69) is 15.3 Å². The first-order chi connectivity index (χ1) is 8.37. The molecule has 3 N–H and O–H groups in total. The van der Waals surface area contributed by atoms with Gasteiger partial charge >= 0.3 is 0 Å². The fourth-order valence-electron chi connectivity index (χ4n) is 1.72. The molecule has 7 heteroatoms. The summed E-state index contributed by atoms with van der Waals surface area (Å²) in [5.41, 5.74) is 4.73. The van der Waals surface area contributed by atoms with Crippen LogP contribution in [0.3, 0.4) is 0 Å². The lowest BCUT2D eigenvalue weighted by molar-refractivity contribution is -0.118. The fourth-order valence-corrected chi connectivity index (χ4v) is 2.71. The van der Waals surface area contributed by atoms with Gasteiger partial charge < -0.3 is 11.1 Å². The number of nitrogens with one attached hydrogen (secondary N) is 1. The van der Waals surface area contributed by atoms with Crippen LogP contribution in [0.15, 0.2) is 11.4 Å². The van der Waals surface area contributed by atoms with Crippen molar-refractivity contribution >= 4 is 44.9 Å². The Bertz CT molecular complexity index is 596. The van der Waals surface area contributed by atoms with Gasteiger partial charge in [0.15, 0.2) is 0 Å². The van der Waals surface area contributed by atoms with Crippen molar-refractivity contribution in [3.05, 3.63) is 16.7 Å². The van der Waals surface area contributed by atoms with Crippen LogP contribution in [0.2, 0.25) is 5.28 Å². The summed E-state index contributed by atoms with van der Waals surface area (Å²) in [6, 6.07) is 1.92. The van der Waals surface area contributed by atoms with Crippen LogP contribution in [-0.2, 0) is 4.79 Å². The van der Waals surface area contributed by atoms with Gasteiger partial charge in [-0.3, -0.25) is 4.79 Å². The maximum absolute atomic E-state index is 11.0. The number of primary amides is 1. The number of aromatic nitrogens is 2. The summed E-state index contributed by atoms with van der Waals surface area (Å²) in [4.78, 5) is 20.1. The van der Waals surface area contributed by atoms with Crippen molar-refractivity contribution in [2.45, 2.75) is 25.8 Å². The van der Waals surface area contributed by atoms with Crippen molar-refractivity contribution < 1.29 is 4.79 Å². The molecule has 2 aromatic heterocycles. The Hall–Kier alpha value is -1.40. The molecular weight excluding hydrogens is 272 g/mol. The quantitative estimate of drug-likeness (QED) is 0.845. The molecule has 0 aliphatic carbocycles. The van der Waals surface area contributed by atoms with Crippen molar-refractivity contribution in [3.63, 3.8) is 0 Å². The number of rotatable bonds is 4. The molecule has 0 aromatic carbocycles. The van der Waals surface area contributed by atoms with E-state index >= 15 is 0 Å². The van der Waals surface area contributed by atoms with Gasteiger partial charge in [-0.1, -0.05) is 0 Å². The van der Waals surface area contributed by atoms with Crippen LogP contribution < -0.4 is 11.1 Å². The minimum Gasteiger partial charge on any atom is -0.370 e. The van der Waals surface area contributed by atoms with E-state index in [4.69, 9.17) is 17.3 Å². The largest absolute Gasteiger partial charge is 0.370 e. The van der Waals surface area contributed by atoms with E-state index in [1.54, 1.807) is 0 Å². The van der Waals surface area contributed by atoms with Gasteiger partial charge in [-0.15, -0.1) is 11.3 Å². The molecule has 0 aliphatic rings. The minimum atomic E-state index is -0.488. The minimum absolute atomic E-state index is 0.183. The van der Waals surface area contributed by atoms with E-state index in [-0.39, 0.29) is 17.6 Å². The molecule has 0 saturated heterocycles. The normalized spacial score (nSPS) is 11.7. The van der Waals surface area contributed by atoms with Gasteiger partial charge in [-0.25, -0.2) is 9.97 Å². The predicted molar refractivity (Wildman–Crippen MR) is 73.9 cm³/mol. The van der Waals surface area contributed by atoms with E-state index in [1.807, 2.05) is 25.3 Å². The summed E-state index contributed by atoms with van der Waals surface area (Å²) in [6.07, 6.45) is 0.209. The molecule has 0 fully saturated rings. The summed E-state index contributed by atoms with van der Waals surface area (Å²) in [5, 5.41) is 6.18. The Morgan fingerprint density at radius 3 is 2.94 bits per heavy atom. The van der Waals surface area contributed by atoms with Gasteiger partial charge in [0.05, 0.1) is 5.39 Å². The van der Waals surface area contributed by atoms with Crippen LogP contribution in [0, 0.1) is 0 Å². The Labute approximate surface area is 113 Å². The number of nitrogens with zero attached hydrogens (tertiary/aromatic N) is 2. The predicted octanol–water partition coefficient (Wildman–Crippen LogP) is 2.41. The highest BCUT2D eigenvalue weighted by Gasteiger charge is 2.22. The average molecular weight is 285 g/mol. The van der Waals surface area contributed by atoms with Crippen LogP contribution >= 0.6 is 22.9 Å². The van der Waals surface area contributed by atoms with Crippen LogP contribution in [0.5, 0.6) is 0 Å². The molecule has 0 saturated carbocycles. The smallest absolute Gasteiger partial charge is 0.225 e. The number of carbonyl (C=O) groups is 1. The molecule has 0 bridgehead atoms. The van der Waals surface area contributed by atoms with Gasteiger partial charge in [0, 0.05) is 12.0 Å². The lowest BCUT2D eigenvalue weighted by Crippen LogP contribution is -2.36. The van der Waals surface area contributed by atoms with Crippen molar-refractivity contribution in [2.75, 3.05) is 5.32 Å². The lowest BCUT2D eigenvalue weighted by atomic mass is 10.0. The maximum Gasteiger partial charge on any atom is 0.225 e. The van der Waals surface area contributed by atoms with Crippen LogP contribution in [0.1, 0.15) is 20.3 Å². The monoisotopic (exact) mass is 284 g/mol. The molecule has 2 heterocycles. The first-order valence-electron chi connectivity index (χ1n) is 5.35. The van der Waals surface area contributed by atoms with Gasteiger partial charge in [-0.2, -0.15) is 0 Å². The number of carbonyl (C=O) groups excluding carboxylic acids is 1. The summed E-state index contributed by atoms with van der Waals surface area (Å²) >= 11 is 7.36. The molecule has 0 atom stereocenters. The van der Waals surface area contributed by atoms with Crippen molar-refractivity contribution in [3.8, 4) is 0 Å². The summed E-state index contributed by atoms with van der Waals surface area (Å²) in [5.74, 6) is 0.256. The van der Waals surface area contributed by atoms with E-state index in [1.165, 1.54) is 11.3 Å². The van der Waals surface area contributed by atoms with Crippen molar-refractivity contribution in [1.29, 1.82) is 0 Å². The summed E-state index contributed by atoms with van der Waals surface area (Å²) < 4.78 is 0. The van der Waals surface area contributed by atoms with Crippen molar-refractivity contribution in [2.24, 2.45) is 5.73 Å². The number of hydrogen-bond donors (Lipinski definition) is 2. The number of halogens is 1. The summed E-state index contributed by atoms with van der Waals surface area (Å²) in [7, 11) is 0. The topological polar surface area (TPSA) is 80.9 Å². The molecule has 18 heavy (non-hydrogen) atoms. The number of thiophene rings is 1. The summed E-state index contributed by atoms with van der Waals surface area (Å²) in [6.45, 7) is 3.76. The third-order valence-corrected chi connectivity index (χ3v) is 3.35. The maximum atomic E-state index is 11.0. The van der Waals surface area contributed by atoms with E-state index in [0.29, 0.717) is 5.82 Å². The van der Waals surface area contributed by atoms with E-state index in [0.717, 1.165) is 10.2 Å². The Morgan fingerprint density at radius 2 is 2.28 bits per heavy atom. The number of fused-ring (bicyclic) bond motifs is 1. The second kappa shape index (κ2) is 4.70. The molecular formula is C11H13ClN4OS. The molecule has 96 valence electrons. The molecule has 1 amide bonds. The highest BCUT2D eigenvalue weighted by atomic mass is 35.5. The highest BCUT2D eigenvalue weighted by Crippen LogP contribution is 2.28. The Morgan fingerprint density at radius 1 is 1.56 bits per heavy atom. The molecule has 0 unspecified atom stereocenters. The second-order valence-electron chi connectivity index (χ2n) is 4.63. The van der Waals surface area contributed by atoms with Gasteiger partial charge in [0.25, 0.3) is 0 Å². The first kappa shape index (κ1) is 13.0.